The van der Waals surface area contributed by atoms with Gasteiger partial charge in [0, 0.05) is 16.7 Å². The lowest BCUT2D eigenvalue weighted by molar-refractivity contribution is 0.180. The van der Waals surface area contributed by atoms with E-state index in [0.717, 1.165) is 17.5 Å². The van der Waals surface area contributed by atoms with Crippen molar-refractivity contribution in [1.29, 1.82) is 0 Å². The van der Waals surface area contributed by atoms with Crippen LogP contribution in [0.25, 0.3) is 0 Å². The molecule has 4 heteroatoms. The Labute approximate surface area is 115 Å². The summed E-state index contributed by atoms with van der Waals surface area (Å²) in [5, 5.41) is 10.1. The Kier molecular flexibility index (Phi) is 3.17. The minimum atomic E-state index is -0.436. The van der Waals surface area contributed by atoms with Gasteiger partial charge in [-0.3, -0.25) is 0 Å². The normalized spacial score (nSPS) is 17.3. The molecule has 0 amide bonds. The number of halogens is 2. The third-order valence-electron chi connectivity index (χ3n) is 3.26. The SMILES string of the molecule is OC1CCc2c(Oc3cc(F)cc(Cl)c3)cccc21. The number of aliphatic hydroxyl groups excluding tert-OH is 1. The lowest BCUT2D eigenvalue weighted by Gasteiger charge is -2.11. The van der Waals surface area contributed by atoms with Gasteiger partial charge in [0.25, 0.3) is 0 Å². The zero-order valence-electron chi connectivity index (χ0n) is 10.1. The highest BCUT2D eigenvalue weighted by atomic mass is 35.5. The van der Waals surface area contributed by atoms with Crippen LogP contribution in [0.3, 0.4) is 0 Å². The molecule has 19 heavy (non-hydrogen) atoms. The van der Waals surface area contributed by atoms with Crippen molar-refractivity contribution in [1.82, 2.24) is 0 Å². The summed E-state index contributed by atoms with van der Waals surface area (Å²) < 4.78 is 19.0. The average Bonchev–Trinajstić information content (AvgIpc) is 2.71. The molecule has 1 aliphatic rings. The highest BCUT2D eigenvalue weighted by Gasteiger charge is 2.23. The summed E-state index contributed by atoms with van der Waals surface area (Å²) in [6.45, 7) is 0. The predicted molar refractivity (Wildman–Crippen MR) is 71.2 cm³/mol. The van der Waals surface area contributed by atoms with Gasteiger partial charge in [0.05, 0.1) is 6.10 Å². The predicted octanol–water partition coefficient (Wildman–Crippen LogP) is 4.25. The first kappa shape index (κ1) is 12.5. The first-order valence-electron chi connectivity index (χ1n) is 6.07. The molecule has 0 fully saturated rings. The first-order chi connectivity index (χ1) is 9.13. The summed E-state index contributed by atoms with van der Waals surface area (Å²) in [5.74, 6) is 0.575. The monoisotopic (exact) mass is 278 g/mol. The summed E-state index contributed by atoms with van der Waals surface area (Å²) in [6, 6.07) is 9.61. The molecule has 1 aliphatic carbocycles. The second kappa shape index (κ2) is 4.83. The van der Waals surface area contributed by atoms with Crippen LogP contribution in [0.5, 0.6) is 11.5 Å². The molecule has 2 nitrogen and oxygen atoms in total. The lowest BCUT2D eigenvalue weighted by Crippen LogP contribution is -1.93. The van der Waals surface area contributed by atoms with Gasteiger partial charge < -0.3 is 9.84 Å². The standard InChI is InChI=1S/C15H12ClFO2/c16-9-6-10(17)8-11(7-9)19-15-3-1-2-12-13(15)4-5-14(12)18/h1-3,6-8,14,18H,4-5H2. The highest BCUT2D eigenvalue weighted by Crippen LogP contribution is 2.38. The molecule has 1 unspecified atom stereocenters. The molecule has 0 saturated heterocycles. The van der Waals surface area contributed by atoms with Crippen LogP contribution in [0, 0.1) is 5.82 Å². The molecule has 1 atom stereocenters. The maximum atomic E-state index is 13.3. The molecule has 2 aromatic carbocycles. The minimum absolute atomic E-state index is 0.294. The van der Waals surface area contributed by atoms with Crippen LogP contribution in [0.15, 0.2) is 36.4 Å². The Hall–Kier alpha value is -1.58. The third-order valence-corrected chi connectivity index (χ3v) is 3.48. The Morgan fingerprint density at radius 1 is 1.26 bits per heavy atom. The van der Waals surface area contributed by atoms with Crippen molar-refractivity contribution < 1.29 is 14.2 Å². The number of ether oxygens (including phenoxy) is 1. The second-order valence-electron chi connectivity index (χ2n) is 4.59. The number of hydrogen-bond acceptors (Lipinski definition) is 2. The number of rotatable bonds is 2. The maximum absolute atomic E-state index is 13.3. The topological polar surface area (TPSA) is 29.5 Å². The highest BCUT2D eigenvalue weighted by molar-refractivity contribution is 6.30. The van der Waals surface area contributed by atoms with E-state index in [9.17, 15) is 9.50 Å². The molecule has 0 radical (unpaired) electrons. The maximum Gasteiger partial charge on any atom is 0.131 e. The van der Waals surface area contributed by atoms with E-state index in [2.05, 4.69) is 0 Å². The van der Waals surface area contributed by atoms with E-state index in [1.807, 2.05) is 18.2 Å². The van der Waals surface area contributed by atoms with E-state index in [1.165, 1.54) is 12.1 Å². The number of aliphatic hydroxyl groups is 1. The van der Waals surface area contributed by atoms with Gasteiger partial charge in [-0.1, -0.05) is 23.7 Å². The fraction of sp³-hybridized carbons (Fsp3) is 0.200. The van der Waals surface area contributed by atoms with Crippen LogP contribution in [0.1, 0.15) is 23.7 Å². The van der Waals surface area contributed by atoms with Crippen molar-refractivity contribution in [3.8, 4) is 11.5 Å². The molecule has 98 valence electrons. The van der Waals surface area contributed by atoms with Gasteiger partial charge in [-0.05, 0) is 36.6 Å². The smallest absolute Gasteiger partial charge is 0.131 e. The van der Waals surface area contributed by atoms with Crippen LogP contribution < -0.4 is 4.74 Å². The van der Waals surface area contributed by atoms with Gasteiger partial charge in [0.2, 0.25) is 0 Å². The van der Waals surface area contributed by atoms with E-state index < -0.39 is 11.9 Å². The van der Waals surface area contributed by atoms with Crippen molar-refractivity contribution in [2.75, 3.05) is 0 Å². The van der Waals surface area contributed by atoms with Crippen molar-refractivity contribution in [2.45, 2.75) is 18.9 Å². The van der Waals surface area contributed by atoms with Gasteiger partial charge in [-0.15, -0.1) is 0 Å². The van der Waals surface area contributed by atoms with Crippen LogP contribution >= 0.6 is 11.6 Å². The Bertz CT molecular complexity index is 607. The molecule has 0 spiro atoms. The van der Waals surface area contributed by atoms with Gasteiger partial charge in [0.15, 0.2) is 0 Å². The molecular weight excluding hydrogens is 267 g/mol. The number of hydrogen-bond donors (Lipinski definition) is 1. The van der Waals surface area contributed by atoms with Crippen LogP contribution in [0.2, 0.25) is 5.02 Å². The van der Waals surface area contributed by atoms with E-state index in [-0.39, 0.29) is 0 Å². The second-order valence-corrected chi connectivity index (χ2v) is 5.02. The lowest BCUT2D eigenvalue weighted by atomic mass is 10.1. The molecule has 2 aromatic rings. The molecule has 3 rings (SSSR count). The van der Waals surface area contributed by atoms with E-state index >= 15 is 0 Å². The molecule has 0 heterocycles. The summed E-state index contributed by atoms with van der Waals surface area (Å²) in [6.07, 6.45) is 1.02. The number of fused-ring (bicyclic) bond motifs is 1. The van der Waals surface area contributed by atoms with E-state index in [4.69, 9.17) is 16.3 Å². The average molecular weight is 279 g/mol. The molecular formula is C15H12ClFO2. The fourth-order valence-electron chi connectivity index (χ4n) is 2.41. The van der Waals surface area contributed by atoms with E-state index in [0.29, 0.717) is 22.9 Å². The van der Waals surface area contributed by atoms with Crippen LogP contribution in [-0.2, 0) is 6.42 Å². The Morgan fingerprint density at radius 2 is 2.11 bits per heavy atom. The Morgan fingerprint density at radius 3 is 2.89 bits per heavy atom. The molecule has 1 N–H and O–H groups in total. The molecule has 0 aliphatic heterocycles. The summed E-state index contributed by atoms with van der Waals surface area (Å²) in [5.41, 5.74) is 1.87. The summed E-state index contributed by atoms with van der Waals surface area (Å²) in [4.78, 5) is 0. The Balaban J connectivity index is 1.96. The quantitative estimate of drug-likeness (QED) is 0.890. The molecule has 0 bridgehead atoms. The molecule has 0 saturated carbocycles. The zero-order chi connectivity index (χ0) is 13.4. The van der Waals surface area contributed by atoms with E-state index in [1.54, 1.807) is 6.07 Å². The molecule has 0 aromatic heterocycles. The van der Waals surface area contributed by atoms with Crippen molar-refractivity contribution >= 4 is 11.6 Å². The summed E-state index contributed by atoms with van der Waals surface area (Å²) in [7, 11) is 0. The van der Waals surface area contributed by atoms with Crippen LogP contribution in [-0.4, -0.2) is 5.11 Å². The van der Waals surface area contributed by atoms with Gasteiger partial charge in [-0.25, -0.2) is 4.39 Å². The summed E-state index contributed by atoms with van der Waals surface area (Å²) >= 11 is 5.80. The van der Waals surface area contributed by atoms with Gasteiger partial charge in [-0.2, -0.15) is 0 Å². The van der Waals surface area contributed by atoms with Gasteiger partial charge in [0.1, 0.15) is 17.3 Å². The largest absolute Gasteiger partial charge is 0.457 e. The van der Waals surface area contributed by atoms with Crippen LogP contribution in [0.4, 0.5) is 4.39 Å². The first-order valence-corrected chi connectivity index (χ1v) is 6.45. The fourth-order valence-corrected chi connectivity index (χ4v) is 2.62. The zero-order valence-corrected chi connectivity index (χ0v) is 10.8. The van der Waals surface area contributed by atoms with Crippen molar-refractivity contribution in [2.24, 2.45) is 0 Å². The van der Waals surface area contributed by atoms with Crippen molar-refractivity contribution in [3.63, 3.8) is 0 Å². The minimum Gasteiger partial charge on any atom is -0.457 e. The van der Waals surface area contributed by atoms with Crippen molar-refractivity contribution in [3.05, 3.63) is 58.4 Å². The van der Waals surface area contributed by atoms with Gasteiger partial charge >= 0.3 is 0 Å². The number of benzene rings is 2. The third kappa shape index (κ3) is 2.44.